The summed E-state index contributed by atoms with van der Waals surface area (Å²) < 4.78 is 13.1. The molecule has 1 unspecified atom stereocenters. The number of anilines is 1. The fourth-order valence-corrected chi connectivity index (χ4v) is 3.74. The summed E-state index contributed by atoms with van der Waals surface area (Å²) in [6.07, 6.45) is -0.374. The highest BCUT2D eigenvalue weighted by molar-refractivity contribution is 7.99. The molecular weight excluding hydrogens is 375 g/mol. The van der Waals surface area contributed by atoms with E-state index in [1.54, 1.807) is 23.9 Å². The minimum atomic E-state index is -0.713. The zero-order valence-electron chi connectivity index (χ0n) is 14.8. The molecule has 0 fully saturated rings. The monoisotopic (exact) mass is 392 g/mol. The Labute approximate surface area is 166 Å². The maximum Gasteiger partial charge on any atom is 0.268 e. The summed E-state index contributed by atoms with van der Waals surface area (Å²) >= 11 is 1.58. The topological polar surface area (TPSA) is 50.7 Å². The van der Waals surface area contributed by atoms with Gasteiger partial charge in [0.05, 0.1) is 11.4 Å². The van der Waals surface area contributed by atoms with Gasteiger partial charge in [-0.1, -0.05) is 59.4 Å². The number of carbonyl (C=O) groups excluding carboxylic acids is 1. The predicted molar refractivity (Wildman–Crippen MR) is 108 cm³/mol. The molecular formula is C22H17FN2O2S. The van der Waals surface area contributed by atoms with Gasteiger partial charge in [-0.15, -0.1) is 0 Å². The van der Waals surface area contributed by atoms with Gasteiger partial charge in [-0.3, -0.25) is 4.79 Å². The van der Waals surface area contributed by atoms with E-state index < -0.39 is 6.10 Å². The van der Waals surface area contributed by atoms with Gasteiger partial charge in [0.25, 0.3) is 5.91 Å². The van der Waals surface area contributed by atoms with Gasteiger partial charge < -0.3 is 10.2 Å². The molecule has 0 aliphatic carbocycles. The fourth-order valence-electron chi connectivity index (χ4n) is 2.82. The van der Waals surface area contributed by atoms with Gasteiger partial charge in [0.1, 0.15) is 5.82 Å². The Morgan fingerprint density at radius 2 is 1.71 bits per heavy atom. The third kappa shape index (κ3) is 4.23. The van der Waals surface area contributed by atoms with Gasteiger partial charge >= 0.3 is 0 Å². The lowest BCUT2D eigenvalue weighted by atomic mass is 10.0. The highest BCUT2D eigenvalue weighted by Gasteiger charge is 2.29. The molecule has 28 heavy (non-hydrogen) atoms. The maximum absolute atomic E-state index is 13.1. The Hall–Kier alpha value is -3.12. The van der Waals surface area contributed by atoms with Crippen molar-refractivity contribution < 1.29 is 14.0 Å². The van der Waals surface area contributed by atoms with Crippen molar-refractivity contribution in [2.45, 2.75) is 22.3 Å². The van der Waals surface area contributed by atoms with Crippen LogP contribution in [0.2, 0.25) is 0 Å². The van der Waals surface area contributed by atoms with E-state index in [0.29, 0.717) is 12.1 Å². The molecule has 1 amide bonds. The van der Waals surface area contributed by atoms with E-state index in [9.17, 15) is 9.18 Å². The van der Waals surface area contributed by atoms with Crippen LogP contribution in [0.25, 0.3) is 0 Å². The third-order valence-electron chi connectivity index (χ3n) is 4.25. The number of halogens is 1. The molecule has 140 valence electrons. The van der Waals surface area contributed by atoms with Gasteiger partial charge in [0.2, 0.25) is 6.10 Å². The summed E-state index contributed by atoms with van der Waals surface area (Å²) in [6.45, 7) is 0. The second kappa shape index (κ2) is 8.27. The number of amides is 1. The number of carbonyl (C=O) groups is 1. The first-order chi connectivity index (χ1) is 13.7. The van der Waals surface area contributed by atoms with E-state index in [1.807, 2.05) is 54.6 Å². The molecule has 0 bridgehead atoms. The summed E-state index contributed by atoms with van der Waals surface area (Å²) in [7, 11) is 0. The van der Waals surface area contributed by atoms with E-state index in [4.69, 9.17) is 4.84 Å². The first kappa shape index (κ1) is 18.3. The molecule has 1 aliphatic rings. The maximum atomic E-state index is 13.1. The molecule has 3 aromatic rings. The first-order valence-electron chi connectivity index (χ1n) is 8.80. The molecule has 6 heteroatoms. The Morgan fingerprint density at radius 3 is 2.50 bits per heavy atom. The van der Waals surface area contributed by atoms with Crippen LogP contribution < -0.4 is 5.32 Å². The second-order valence-electron chi connectivity index (χ2n) is 6.24. The number of hydrogen-bond acceptors (Lipinski definition) is 4. The van der Waals surface area contributed by atoms with Gasteiger partial charge in [-0.05, 0) is 42.0 Å². The highest BCUT2D eigenvalue weighted by atomic mass is 32.2. The smallest absolute Gasteiger partial charge is 0.268 e. The van der Waals surface area contributed by atoms with Crippen molar-refractivity contribution in [1.29, 1.82) is 0 Å². The molecule has 0 saturated heterocycles. The third-order valence-corrected chi connectivity index (χ3v) is 5.34. The molecule has 0 radical (unpaired) electrons. The lowest BCUT2D eigenvalue weighted by Crippen LogP contribution is -2.28. The van der Waals surface area contributed by atoms with E-state index in [-0.39, 0.29) is 11.7 Å². The van der Waals surface area contributed by atoms with Crippen molar-refractivity contribution in [3.8, 4) is 0 Å². The van der Waals surface area contributed by atoms with Crippen LogP contribution in [0.1, 0.15) is 12.0 Å². The summed E-state index contributed by atoms with van der Waals surface area (Å²) in [5.41, 5.74) is 2.10. The van der Waals surface area contributed by atoms with Crippen LogP contribution in [0.4, 0.5) is 10.1 Å². The van der Waals surface area contributed by atoms with Gasteiger partial charge in [-0.2, -0.15) is 0 Å². The van der Waals surface area contributed by atoms with Crippen LogP contribution in [0.15, 0.2) is 93.8 Å². The van der Waals surface area contributed by atoms with Crippen LogP contribution in [0.3, 0.4) is 0 Å². The van der Waals surface area contributed by atoms with Gasteiger partial charge in [0, 0.05) is 16.2 Å². The summed E-state index contributed by atoms with van der Waals surface area (Å²) in [4.78, 5) is 20.0. The molecule has 0 saturated carbocycles. The summed E-state index contributed by atoms with van der Waals surface area (Å²) in [5.74, 6) is -0.577. The largest absolute Gasteiger partial charge is 0.382 e. The number of oxime groups is 1. The zero-order valence-corrected chi connectivity index (χ0v) is 15.7. The molecule has 0 spiro atoms. The molecule has 1 N–H and O–H groups in total. The van der Waals surface area contributed by atoms with E-state index in [0.717, 1.165) is 21.0 Å². The molecule has 3 aromatic carbocycles. The normalized spacial score (nSPS) is 15.6. The Morgan fingerprint density at radius 1 is 1.00 bits per heavy atom. The van der Waals surface area contributed by atoms with E-state index in [2.05, 4.69) is 10.5 Å². The van der Waals surface area contributed by atoms with Crippen molar-refractivity contribution in [2.75, 3.05) is 5.32 Å². The number of rotatable bonds is 5. The molecule has 1 aliphatic heterocycles. The van der Waals surface area contributed by atoms with Crippen molar-refractivity contribution in [1.82, 2.24) is 0 Å². The van der Waals surface area contributed by atoms with Crippen LogP contribution in [-0.4, -0.2) is 17.7 Å². The number of nitrogens with one attached hydrogen (secondary N) is 1. The van der Waals surface area contributed by atoms with Crippen LogP contribution in [0.5, 0.6) is 0 Å². The Balaban J connectivity index is 1.43. The van der Waals surface area contributed by atoms with Crippen LogP contribution in [0, 0.1) is 5.82 Å². The summed E-state index contributed by atoms with van der Waals surface area (Å²) in [5, 5.41) is 6.93. The quantitative estimate of drug-likeness (QED) is 0.657. The van der Waals surface area contributed by atoms with Crippen molar-refractivity contribution in [3.05, 3.63) is 90.2 Å². The highest BCUT2D eigenvalue weighted by Crippen LogP contribution is 2.33. The predicted octanol–water partition coefficient (Wildman–Crippen LogP) is 5.11. The fraction of sp³-hybridized carbons (Fsp3) is 0.0909. The first-order valence-corrected chi connectivity index (χ1v) is 9.62. The van der Waals surface area contributed by atoms with Crippen LogP contribution >= 0.6 is 11.8 Å². The second-order valence-corrected chi connectivity index (χ2v) is 7.36. The number of nitrogens with zero attached hydrogens (tertiary/aromatic N) is 1. The average molecular weight is 392 g/mol. The van der Waals surface area contributed by atoms with Crippen molar-refractivity contribution >= 4 is 29.1 Å². The van der Waals surface area contributed by atoms with Gasteiger partial charge in [0.15, 0.2) is 0 Å². The number of benzene rings is 3. The lowest BCUT2D eigenvalue weighted by Gasteiger charge is -2.13. The Bertz CT molecular complexity index is 1010. The minimum absolute atomic E-state index is 0.262. The number of hydrogen-bond donors (Lipinski definition) is 1. The van der Waals surface area contributed by atoms with E-state index >= 15 is 0 Å². The van der Waals surface area contributed by atoms with Gasteiger partial charge in [-0.25, -0.2) is 4.39 Å². The van der Waals surface area contributed by atoms with Crippen molar-refractivity contribution in [3.63, 3.8) is 0 Å². The molecule has 1 atom stereocenters. The molecule has 0 aromatic heterocycles. The number of para-hydroxylation sites is 1. The van der Waals surface area contributed by atoms with Crippen LogP contribution in [-0.2, 0) is 9.63 Å². The Kier molecular flexibility index (Phi) is 5.39. The van der Waals surface area contributed by atoms with Crippen molar-refractivity contribution in [2.24, 2.45) is 5.16 Å². The molecule has 4 rings (SSSR count). The zero-order chi connectivity index (χ0) is 19.3. The average Bonchev–Trinajstić information content (AvgIpc) is 3.21. The summed E-state index contributed by atoms with van der Waals surface area (Å²) in [6, 6.07) is 23.6. The standard InChI is InChI=1S/C22H17FN2O2S/c23-16-12-10-15(11-13-16)19-14-20(27-25-19)22(26)24-18-8-4-5-9-21(18)28-17-6-2-1-3-7-17/h1-13,20H,14H2,(H,24,26). The SMILES string of the molecule is O=C(Nc1ccccc1Sc1ccccc1)C1CC(c2ccc(F)cc2)=NO1. The molecule has 4 nitrogen and oxygen atoms in total. The lowest BCUT2D eigenvalue weighted by molar-refractivity contribution is -0.125. The molecule has 1 heterocycles. The van der Waals surface area contributed by atoms with E-state index in [1.165, 1.54) is 12.1 Å². The minimum Gasteiger partial charge on any atom is -0.382 e.